The molecule has 0 spiro atoms. The molecule has 0 saturated heterocycles. The van der Waals surface area contributed by atoms with E-state index in [4.69, 9.17) is 50.2 Å². The van der Waals surface area contributed by atoms with E-state index in [1.807, 2.05) is 0 Å². The molecule has 0 aromatic heterocycles. The van der Waals surface area contributed by atoms with Crippen molar-refractivity contribution < 1.29 is 98.1 Å². The standard InChI is InChI=1S/3C8H24N4O3P2.2ClHO4.Pb/c3*1-9(2)16(13,10(3)4)15-17(14,11(5)6)12(7)8;2*2-1(3,4)5;/h3*1-8H3;2*(H,2,3,4,5);/q;;;;;+2/p-2. The van der Waals surface area contributed by atoms with Crippen molar-refractivity contribution in [3.63, 3.8) is 0 Å². The van der Waals surface area contributed by atoms with Gasteiger partial charge >= 0.3 is 73.3 Å². The Hall–Kier alpha value is 1.96. The molecule has 0 fully saturated rings. The molecule has 0 aliphatic heterocycles. The van der Waals surface area contributed by atoms with Gasteiger partial charge in [-0.2, -0.15) is 0 Å². The minimum atomic E-state index is -4.94. The summed E-state index contributed by atoms with van der Waals surface area (Å²) < 4.78 is 178. The molecule has 0 rings (SSSR count). The third-order valence-corrected chi connectivity index (χ3v) is 23.9. The van der Waals surface area contributed by atoms with E-state index in [1.165, 1.54) is 56.0 Å². The van der Waals surface area contributed by atoms with Gasteiger partial charge in [0.1, 0.15) is 0 Å². The zero-order valence-corrected chi connectivity index (χ0v) is 51.0. The van der Waals surface area contributed by atoms with Crippen molar-refractivity contribution in [1.82, 2.24) is 56.0 Å². The molecule has 0 aliphatic carbocycles. The van der Waals surface area contributed by atoms with Crippen LogP contribution in [0.5, 0.6) is 0 Å². The van der Waals surface area contributed by atoms with Crippen molar-refractivity contribution in [2.75, 3.05) is 169 Å². The van der Waals surface area contributed by atoms with Gasteiger partial charge in [-0.25, -0.2) is 106 Å². The minimum Gasteiger partial charge on any atom is -0.255 e. The van der Waals surface area contributed by atoms with Crippen LogP contribution >= 0.6 is 46.0 Å². The molecule has 0 saturated carbocycles. The molecular weight excluding hydrogens is 1190 g/mol. The molecule has 38 heteroatoms. The first-order chi connectivity index (χ1) is 26.4. The normalized spacial score (nSPS) is 13.7. The summed E-state index contributed by atoms with van der Waals surface area (Å²) in [5.41, 5.74) is 0. The van der Waals surface area contributed by atoms with Crippen LogP contribution in [0.3, 0.4) is 0 Å². The van der Waals surface area contributed by atoms with Gasteiger partial charge in [-0.1, -0.05) is 0 Å². The van der Waals surface area contributed by atoms with Gasteiger partial charge in [-0.3, -0.25) is 27.4 Å². The van der Waals surface area contributed by atoms with Crippen LogP contribution in [0.15, 0.2) is 0 Å². The summed E-state index contributed by atoms with van der Waals surface area (Å²) in [6.07, 6.45) is 0. The van der Waals surface area contributed by atoms with E-state index >= 15 is 0 Å². The zero-order chi connectivity index (χ0) is 51.0. The summed E-state index contributed by atoms with van der Waals surface area (Å²) in [6.45, 7) is 0. The first-order valence-electron chi connectivity index (χ1n) is 16.6. The van der Waals surface area contributed by atoms with E-state index in [2.05, 4.69) is 0 Å². The number of hydrogen-bond acceptors (Lipinski definition) is 17. The summed E-state index contributed by atoms with van der Waals surface area (Å²) in [6, 6.07) is 0. The number of halogens is 2. The molecular formula is C24H72Cl2N12O17P6Pb. The molecule has 0 amide bonds. The Morgan fingerprint density at radius 1 is 0.242 bits per heavy atom. The van der Waals surface area contributed by atoms with Crippen molar-refractivity contribution in [2.45, 2.75) is 0 Å². The topological polar surface area (TPSA) is 353 Å². The molecule has 0 aliphatic rings. The Balaban J connectivity index is -0.000000169. The molecule has 0 aromatic carbocycles. The Kier molecular flexibility index (Phi) is 37.2. The molecule has 0 unspecified atom stereocenters. The van der Waals surface area contributed by atoms with Gasteiger partial charge < -0.3 is 0 Å². The van der Waals surface area contributed by atoms with Gasteiger partial charge in [-0.05, 0) is 169 Å². The van der Waals surface area contributed by atoms with Crippen molar-refractivity contribution in [2.24, 2.45) is 0 Å². The molecule has 0 heterocycles. The van der Waals surface area contributed by atoms with E-state index in [1.54, 1.807) is 169 Å². The van der Waals surface area contributed by atoms with Crippen LogP contribution in [0.1, 0.15) is 0 Å². The van der Waals surface area contributed by atoms with Crippen LogP contribution < -0.4 is 37.3 Å². The van der Waals surface area contributed by atoms with E-state index in [0.29, 0.717) is 0 Å². The van der Waals surface area contributed by atoms with Crippen LogP contribution in [-0.4, -0.2) is 252 Å². The number of nitrogens with zero attached hydrogens (tertiary/aromatic N) is 12. The molecule has 0 atom stereocenters. The summed E-state index contributed by atoms with van der Waals surface area (Å²) in [7, 11) is 9.73. The van der Waals surface area contributed by atoms with E-state index in [0.717, 1.165) is 0 Å². The van der Waals surface area contributed by atoms with Crippen LogP contribution in [0, 0.1) is 20.5 Å². The van der Waals surface area contributed by atoms with Crippen molar-refractivity contribution in [1.29, 1.82) is 0 Å². The fraction of sp³-hybridized carbons (Fsp3) is 1.00. The van der Waals surface area contributed by atoms with Crippen LogP contribution in [-0.2, 0) is 40.3 Å². The van der Waals surface area contributed by atoms with Crippen molar-refractivity contribution in [3.05, 3.63) is 0 Å². The van der Waals surface area contributed by atoms with Crippen LogP contribution in [0.4, 0.5) is 0 Å². The van der Waals surface area contributed by atoms with Gasteiger partial charge in [0.25, 0.3) is 0 Å². The molecule has 62 heavy (non-hydrogen) atoms. The summed E-state index contributed by atoms with van der Waals surface area (Å²) >= 11 is 0. The molecule has 0 aromatic rings. The Labute approximate surface area is 394 Å². The largest absolute Gasteiger partial charge is 2.00 e. The smallest absolute Gasteiger partial charge is 0.255 e. The fourth-order valence-electron chi connectivity index (χ4n) is 3.44. The van der Waals surface area contributed by atoms with Crippen LogP contribution in [0.25, 0.3) is 0 Å². The first kappa shape index (κ1) is 75.5. The minimum absolute atomic E-state index is 0. The predicted octanol–water partition coefficient (Wildman–Crippen LogP) is -5.50. The van der Waals surface area contributed by atoms with E-state index in [9.17, 15) is 27.4 Å². The fourth-order valence-corrected chi connectivity index (χ4v) is 18.1. The quantitative estimate of drug-likeness (QED) is 0.0913. The van der Waals surface area contributed by atoms with Crippen molar-refractivity contribution >= 4 is 73.3 Å². The summed E-state index contributed by atoms with van der Waals surface area (Å²) in [5, 5.41) is 0. The molecule has 378 valence electrons. The van der Waals surface area contributed by atoms with E-state index < -0.39 is 66.5 Å². The van der Waals surface area contributed by atoms with Gasteiger partial charge in [0.05, 0.1) is 0 Å². The average Bonchev–Trinajstić information content (AvgIpc) is 3.02. The maximum Gasteiger partial charge on any atom is 2.00 e. The van der Waals surface area contributed by atoms with Crippen LogP contribution in [0.2, 0.25) is 0 Å². The molecule has 2 radical (unpaired) electrons. The second-order valence-electron chi connectivity index (χ2n) is 14.1. The SMILES string of the molecule is CN(C)P(=O)(OP(=O)(N(C)C)N(C)C)N(C)C.CN(C)P(=O)(OP(=O)(N(C)C)N(C)C)N(C)C.CN(C)P(=O)(OP(=O)(N(C)C)N(C)C)N(C)C.[O-][Cl+3]([O-])([O-])[O-].[O-][Cl+3]([O-])([O-])[O-].[Pb+2]. The maximum absolute atomic E-state index is 12.6. The van der Waals surface area contributed by atoms with Gasteiger partial charge in [0.2, 0.25) is 0 Å². The molecule has 0 N–H and O–H groups in total. The third-order valence-electron chi connectivity index (χ3n) is 6.70. The van der Waals surface area contributed by atoms with Gasteiger partial charge in [0, 0.05) is 0 Å². The predicted molar refractivity (Wildman–Crippen MR) is 219 cm³/mol. The second-order valence-corrected chi connectivity index (χ2v) is 33.1. The molecule has 29 nitrogen and oxygen atoms in total. The molecule has 0 bridgehead atoms. The summed E-state index contributed by atoms with van der Waals surface area (Å²) in [4.78, 5) is 0. The Morgan fingerprint density at radius 3 is 0.323 bits per heavy atom. The van der Waals surface area contributed by atoms with Crippen molar-refractivity contribution in [3.8, 4) is 0 Å². The number of rotatable bonds is 18. The monoisotopic (exact) mass is 1260 g/mol. The summed E-state index contributed by atoms with van der Waals surface area (Å²) in [5.74, 6) is 0. The Morgan fingerprint density at radius 2 is 0.290 bits per heavy atom. The third kappa shape index (κ3) is 27.2. The maximum atomic E-state index is 12.6. The van der Waals surface area contributed by atoms with Gasteiger partial charge in [-0.15, -0.1) is 20.5 Å². The zero-order valence-electron chi connectivity index (χ0n) is 40.2. The van der Waals surface area contributed by atoms with Gasteiger partial charge in [0.15, 0.2) is 0 Å². The second kappa shape index (κ2) is 30.5. The average molecular weight is 1260 g/mol. The first-order valence-corrected chi connectivity index (χ1v) is 28.2. The number of hydrogen-bond donors (Lipinski definition) is 0. The Bertz CT molecular complexity index is 1210. The van der Waals surface area contributed by atoms with E-state index in [-0.39, 0.29) is 27.3 Å².